The molecule has 2 aliphatic rings. The Bertz CT molecular complexity index is 1080. The van der Waals surface area contributed by atoms with Crippen LogP contribution in [0.2, 0.25) is 0 Å². The molecular weight excluding hydrogens is 612 g/mol. The van der Waals surface area contributed by atoms with E-state index in [0.717, 1.165) is 9.80 Å². The van der Waals surface area contributed by atoms with E-state index < -0.39 is 97.6 Å². The summed E-state index contributed by atoms with van der Waals surface area (Å²) in [6.07, 6.45) is -1.66. The van der Waals surface area contributed by atoms with Crippen LogP contribution in [0.5, 0.6) is 0 Å². The van der Waals surface area contributed by atoms with Gasteiger partial charge in [-0.25, -0.2) is 19.4 Å². The molecule has 2 atom stereocenters. The van der Waals surface area contributed by atoms with Crippen molar-refractivity contribution in [2.45, 2.75) is 78.7 Å². The van der Waals surface area contributed by atoms with E-state index in [1.165, 1.54) is 0 Å². The monoisotopic (exact) mass is 656 g/mol. The average molecular weight is 657 g/mol. The van der Waals surface area contributed by atoms with Gasteiger partial charge in [0.15, 0.2) is 13.5 Å². The number of ether oxygens (including phenoxy) is 4. The van der Waals surface area contributed by atoms with Crippen molar-refractivity contribution in [1.29, 1.82) is 0 Å². The quantitative estimate of drug-likeness (QED) is 0.158. The van der Waals surface area contributed by atoms with Gasteiger partial charge in [0.25, 0.3) is 0 Å². The second kappa shape index (κ2) is 15.8. The lowest BCUT2D eigenvalue weighted by Gasteiger charge is -2.43. The minimum Gasteiger partial charge on any atom is -0.444 e. The minimum atomic E-state index is -0.878. The third-order valence-corrected chi connectivity index (χ3v) is 6.67. The number of hydrogen-bond donors (Lipinski definition) is 2. The van der Waals surface area contributed by atoms with Gasteiger partial charge in [-0.3, -0.25) is 38.6 Å². The molecule has 0 radical (unpaired) electrons. The largest absolute Gasteiger partial charge is 0.444 e. The smallest absolute Gasteiger partial charge is 0.408 e. The van der Waals surface area contributed by atoms with E-state index in [1.54, 1.807) is 65.2 Å². The fourth-order valence-electron chi connectivity index (χ4n) is 4.19. The van der Waals surface area contributed by atoms with Crippen molar-refractivity contribution in [1.82, 2.24) is 30.2 Å². The van der Waals surface area contributed by atoms with E-state index in [2.05, 4.69) is 10.6 Å². The zero-order valence-corrected chi connectivity index (χ0v) is 27.5. The van der Waals surface area contributed by atoms with Crippen LogP contribution in [0.1, 0.15) is 55.4 Å². The SMILES string of the molecule is C[C@H]([C@H](C)N1CC(=O)N(COC(=O)CNC(=O)OC(C)(C)C)C(=O)C1)N1CC(=O)N(COC(=O)CNC(=O)OC(C)(C)C)C(=O)C1. The molecule has 258 valence electrons. The number of nitrogens with one attached hydrogen (secondary N) is 2. The van der Waals surface area contributed by atoms with Gasteiger partial charge in [0.1, 0.15) is 24.3 Å². The molecule has 0 unspecified atom stereocenters. The number of carbonyl (C=O) groups is 8. The normalized spacial score (nSPS) is 18.1. The summed E-state index contributed by atoms with van der Waals surface area (Å²) in [5, 5.41) is 4.45. The first-order chi connectivity index (χ1) is 21.2. The summed E-state index contributed by atoms with van der Waals surface area (Å²) >= 11 is 0. The van der Waals surface area contributed by atoms with Crippen molar-refractivity contribution in [3.05, 3.63) is 0 Å². The Balaban J connectivity index is 1.81. The Morgan fingerprint density at radius 2 is 0.891 bits per heavy atom. The molecule has 0 aliphatic carbocycles. The highest BCUT2D eigenvalue weighted by Gasteiger charge is 2.40. The van der Waals surface area contributed by atoms with Crippen LogP contribution in [0, 0.1) is 0 Å². The highest BCUT2D eigenvalue weighted by Crippen LogP contribution is 2.18. The lowest BCUT2D eigenvalue weighted by Crippen LogP contribution is -2.63. The van der Waals surface area contributed by atoms with E-state index in [9.17, 15) is 38.4 Å². The molecule has 2 heterocycles. The molecule has 2 N–H and O–H groups in total. The van der Waals surface area contributed by atoms with Crippen LogP contribution in [0.3, 0.4) is 0 Å². The number of esters is 2. The Morgan fingerprint density at radius 1 is 0.609 bits per heavy atom. The standard InChI is InChI=1S/C28H44N6O12/c1-17(31-11-19(35)33(20(36)12-31)15-43-23(39)9-29-25(41)45-27(3,4)5)18(2)32-13-21(37)34(22(38)14-32)16-44-24(40)10-30-26(42)46-28(6,7)8/h17-18H,9-16H2,1-8H3,(H,29,41)(H,30,42)/t17-,18+. The van der Waals surface area contributed by atoms with Crippen LogP contribution in [0.4, 0.5) is 9.59 Å². The first kappa shape index (κ1) is 37.9. The average Bonchev–Trinajstić information content (AvgIpc) is 2.91. The molecule has 2 aliphatic heterocycles. The number of imide groups is 2. The van der Waals surface area contributed by atoms with E-state index in [4.69, 9.17) is 18.9 Å². The van der Waals surface area contributed by atoms with E-state index in [-0.39, 0.29) is 26.2 Å². The second-order valence-electron chi connectivity index (χ2n) is 12.7. The van der Waals surface area contributed by atoms with Crippen LogP contribution in [0.15, 0.2) is 0 Å². The van der Waals surface area contributed by atoms with Crippen molar-refractivity contribution in [2.24, 2.45) is 0 Å². The Labute approximate surface area is 266 Å². The summed E-state index contributed by atoms with van der Waals surface area (Å²) in [4.78, 5) is 103. The molecule has 0 saturated carbocycles. The van der Waals surface area contributed by atoms with Crippen molar-refractivity contribution in [3.8, 4) is 0 Å². The van der Waals surface area contributed by atoms with Gasteiger partial charge < -0.3 is 29.6 Å². The van der Waals surface area contributed by atoms with Gasteiger partial charge in [-0.1, -0.05) is 0 Å². The highest BCUT2D eigenvalue weighted by atomic mass is 16.6. The molecule has 18 heteroatoms. The topological polar surface area (TPSA) is 210 Å². The summed E-state index contributed by atoms with van der Waals surface area (Å²) < 4.78 is 20.0. The molecule has 0 aromatic heterocycles. The number of amides is 6. The van der Waals surface area contributed by atoms with Gasteiger partial charge in [0, 0.05) is 12.1 Å². The first-order valence-electron chi connectivity index (χ1n) is 14.6. The number of nitrogens with zero attached hydrogens (tertiary/aromatic N) is 4. The van der Waals surface area contributed by atoms with Crippen LogP contribution < -0.4 is 10.6 Å². The zero-order valence-electron chi connectivity index (χ0n) is 27.5. The molecule has 0 bridgehead atoms. The number of alkyl carbamates (subject to hydrolysis) is 2. The maximum atomic E-state index is 12.8. The molecule has 0 spiro atoms. The number of rotatable bonds is 11. The number of hydrogen-bond acceptors (Lipinski definition) is 14. The number of carbonyl (C=O) groups excluding carboxylic acids is 8. The van der Waals surface area contributed by atoms with Gasteiger partial charge in [-0.15, -0.1) is 0 Å². The van der Waals surface area contributed by atoms with Crippen molar-refractivity contribution >= 4 is 47.8 Å². The van der Waals surface area contributed by atoms with Gasteiger partial charge in [-0.2, -0.15) is 0 Å². The molecule has 18 nitrogen and oxygen atoms in total. The van der Waals surface area contributed by atoms with Crippen molar-refractivity contribution < 1.29 is 57.3 Å². The van der Waals surface area contributed by atoms with E-state index >= 15 is 0 Å². The summed E-state index contributed by atoms with van der Waals surface area (Å²) in [5.41, 5.74) is -1.52. The molecule has 0 aromatic carbocycles. The van der Waals surface area contributed by atoms with E-state index in [0.29, 0.717) is 0 Å². The van der Waals surface area contributed by atoms with Crippen LogP contribution in [-0.2, 0) is 47.7 Å². The lowest BCUT2D eigenvalue weighted by molar-refractivity contribution is -0.168. The molecule has 2 saturated heterocycles. The molecule has 6 amide bonds. The fraction of sp³-hybridized carbons (Fsp3) is 0.714. The summed E-state index contributed by atoms with van der Waals surface area (Å²) in [7, 11) is 0. The van der Waals surface area contributed by atoms with Gasteiger partial charge in [0.05, 0.1) is 26.2 Å². The van der Waals surface area contributed by atoms with Crippen LogP contribution in [-0.4, -0.2) is 143 Å². The summed E-state index contributed by atoms with van der Waals surface area (Å²) in [5.74, 6) is -4.24. The molecule has 46 heavy (non-hydrogen) atoms. The first-order valence-corrected chi connectivity index (χ1v) is 14.6. The zero-order chi connectivity index (χ0) is 35.0. The predicted molar refractivity (Wildman–Crippen MR) is 156 cm³/mol. The highest BCUT2D eigenvalue weighted by molar-refractivity contribution is 6.00. The van der Waals surface area contributed by atoms with Crippen LogP contribution >= 0.6 is 0 Å². The third kappa shape index (κ3) is 12.2. The maximum absolute atomic E-state index is 12.8. The van der Waals surface area contributed by atoms with Crippen molar-refractivity contribution in [2.75, 3.05) is 52.7 Å². The minimum absolute atomic E-state index is 0.194. The molecule has 2 rings (SSSR count). The van der Waals surface area contributed by atoms with E-state index in [1.807, 2.05) is 0 Å². The lowest BCUT2D eigenvalue weighted by atomic mass is 10.1. The van der Waals surface area contributed by atoms with Crippen molar-refractivity contribution in [3.63, 3.8) is 0 Å². The molecular formula is C28H44N6O12. The Kier molecular flexibility index (Phi) is 13.0. The van der Waals surface area contributed by atoms with Gasteiger partial charge in [0.2, 0.25) is 23.6 Å². The molecule has 2 fully saturated rings. The summed E-state index contributed by atoms with van der Waals surface area (Å²) in [6.45, 7) is 10.3. The van der Waals surface area contributed by atoms with Crippen LogP contribution in [0.25, 0.3) is 0 Å². The summed E-state index contributed by atoms with van der Waals surface area (Å²) in [6, 6.07) is -0.918. The third-order valence-electron chi connectivity index (χ3n) is 6.67. The number of piperazine rings is 2. The Hall–Kier alpha value is -4.32. The maximum Gasteiger partial charge on any atom is 0.408 e. The molecule has 0 aromatic rings. The second-order valence-corrected chi connectivity index (χ2v) is 12.7. The van der Waals surface area contributed by atoms with Gasteiger partial charge in [-0.05, 0) is 55.4 Å². The fourth-order valence-corrected chi connectivity index (χ4v) is 4.19. The van der Waals surface area contributed by atoms with Gasteiger partial charge >= 0.3 is 24.1 Å². The Morgan fingerprint density at radius 3 is 1.15 bits per heavy atom. The predicted octanol–water partition coefficient (Wildman–Crippen LogP) is -0.844.